The zero-order valence-electron chi connectivity index (χ0n) is 20.7. The van der Waals surface area contributed by atoms with Gasteiger partial charge in [0, 0.05) is 22.5 Å². The highest BCUT2D eigenvalue weighted by atomic mass is 15.1. The first-order chi connectivity index (χ1) is 18.9. The van der Waals surface area contributed by atoms with Crippen molar-refractivity contribution in [2.75, 3.05) is 4.81 Å². The van der Waals surface area contributed by atoms with E-state index in [9.17, 15) is 0 Å². The third-order valence-corrected chi connectivity index (χ3v) is 8.60. The Bertz CT molecular complexity index is 2110. The quantitative estimate of drug-likeness (QED) is 0.199. The van der Waals surface area contributed by atoms with Crippen LogP contribution in [0.2, 0.25) is 0 Å². The molecule has 0 aromatic heterocycles. The van der Waals surface area contributed by atoms with E-state index in [2.05, 4.69) is 138 Å². The Hall–Kier alpha value is -4.82. The molecule has 7 aromatic rings. The second kappa shape index (κ2) is 7.37. The highest BCUT2D eigenvalue weighted by Gasteiger charge is 2.43. The zero-order chi connectivity index (χ0) is 24.8. The van der Waals surface area contributed by atoms with Gasteiger partial charge in [-0.1, -0.05) is 115 Å². The van der Waals surface area contributed by atoms with Crippen LogP contribution in [-0.2, 0) is 0 Å². The summed E-state index contributed by atoms with van der Waals surface area (Å²) in [6.07, 6.45) is 0. The van der Waals surface area contributed by atoms with Gasteiger partial charge in [-0.15, -0.1) is 0 Å². The molecule has 0 amide bonds. The molecule has 38 heavy (non-hydrogen) atoms. The van der Waals surface area contributed by atoms with Gasteiger partial charge in [0.1, 0.15) is 0 Å². The number of hydrogen-bond donors (Lipinski definition) is 0. The van der Waals surface area contributed by atoms with Gasteiger partial charge in [-0.25, -0.2) is 0 Å². The number of nitrogens with zero attached hydrogens (tertiary/aromatic N) is 1. The van der Waals surface area contributed by atoms with Crippen molar-refractivity contribution in [3.63, 3.8) is 0 Å². The summed E-state index contributed by atoms with van der Waals surface area (Å²) in [6.45, 7) is 0.105. The second-order valence-electron chi connectivity index (χ2n) is 10.5. The Morgan fingerprint density at radius 1 is 0.395 bits per heavy atom. The average molecular weight is 479 g/mol. The molecule has 0 N–H and O–H groups in total. The van der Waals surface area contributed by atoms with Crippen molar-refractivity contribution in [3.8, 4) is 22.3 Å². The number of rotatable bonds is 0. The van der Waals surface area contributed by atoms with Crippen LogP contribution in [0.25, 0.3) is 54.6 Å². The molecule has 0 unspecified atom stereocenters. The largest absolute Gasteiger partial charge is 0.376 e. The van der Waals surface area contributed by atoms with Crippen molar-refractivity contribution in [1.29, 1.82) is 0 Å². The van der Waals surface area contributed by atoms with Gasteiger partial charge in [0.25, 0.3) is 0 Å². The first kappa shape index (κ1) is 20.3. The molecule has 1 nitrogen and oxygen atoms in total. The Kier molecular flexibility index (Phi) is 3.93. The predicted octanol–water partition coefficient (Wildman–Crippen LogP) is 8.05. The van der Waals surface area contributed by atoms with E-state index in [-0.39, 0.29) is 6.85 Å². The minimum Gasteiger partial charge on any atom is -0.376 e. The van der Waals surface area contributed by atoms with E-state index in [1.165, 1.54) is 76.9 Å². The summed E-state index contributed by atoms with van der Waals surface area (Å²) in [4.78, 5) is 2.61. The normalized spacial score (nSPS) is 13.2. The van der Waals surface area contributed by atoms with Gasteiger partial charge in [0.15, 0.2) is 0 Å². The van der Waals surface area contributed by atoms with Crippen molar-refractivity contribution in [3.05, 3.63) is 133 Å². The Balaban J connectivity index is 1.49. The van der Waals surface area contributed by atoms with Crippen LogP contribution in [0.1, 0.15) is 0 Å². The minimum absolute atomic E-state index is 0.105. The van der Waals surface area contributed by atoms with Gasteiger partial charge in [0.2, 0.25) is 0 Å². The molecule has 0 bridgehead atoms. The lowest BCUT2D eigenvalue weighted by atomic mass is 9.43. The van der Waals surface area contributed by atoms with E-state index in [1.54, 1.807) is 0 Å². The van der Waals surface area contributed by atoms with Crippen LogP contribution >= 0.6 is 0 Å². The summed E-state index contributed by atoms with van der Waals surface area (Å²) in [5, 5.41) is 7.75. The zero-order valence-corrected chi connectivity index (χ0v) is 20.7. The minimum atomic E-state index is 0.105. The van der Waals surface area contributed by atoms with Gasteiger partial charge in [0.05, 0.1) is 0 Å². The van der Waals surface area contributed by atoms with Crippen LogP contribution < -0.4 is 15.7 Å². The van der Waals surface area contributed by atoms with Crippen LogP contribution in [0.15, 0.2) is 133 Å². The van der Waals surface area contributed by atoms with Crippen LogP contribution in [0, 0.1) is 0 Å². The average Bonchev–Trinajstić information content (AvgIpc) is 2.99. The predicted molar refractivity (Wildman–Crippen MR) is 163 cm³/mol. The molecule has 0 atom stereocenters. The fourth-order valence-electron chi connectivity index (χ4n) is 7.00. The van der Waals surface area contributed by atoms with Crippen LogP contribution in [-0.4, -0.2) is 6.85 Å². The molecule has 2 heterocycles. The first-order valence-corrected chi connectivity index (χ1v) is 13.3. The Labute approximate surface area is 221 Å². The molecule has 2 aliphatic heterocycles. The molecule has 0 saturated carbocycles. The SMILES string of the molecule is c1ccc2c(c1)B1c3ccc4ccccc4c3-c3c(ccc4ccccc34)N1c1cc3ccccc3cc1-2. The highest BCUT2D eigenvalue weighted by Crippen LogP contribution is 2.50. The number of fused-ring (bicyclic) bond motifs is 16. The molecule has 0 radical (unpaired) electrons. The highest BCUT2D eigenvalue weighted by molar-refractivity contribution is 6.93. The fraction of sp³-hybridized carbons (Fsp3) is 0. The topological polar surface area (TPSA) is 3.24 Å². The van der Waals surface area contributed by atoms with E-state index >= 15 is 0 Å². The number of hydrogen-bond acceptors (Lipinski definition) is 1. The monoisotopic (exact) mass is 479 g/mol. The first-order valence-electron chi connectivity index (χ1n) is 13.3. The van der Waals surface area contributed by atoms with Gasteiger partial charge < -0.3 is 4.81 Å². The van der Waals surface area contributed by atoms with Gasteiger partial charge in [-0.2, -0.15) is 0 Å². The summed E-state index contributed by atoms with van der Waals surface area (Å²) in [6, 6.07) is 49.6. The maximum absolute atomic E-state index is 2.61. The van der Waals surface area contributed by atoms with Crippen LogP contribution in [0.4, 0.5) is 11.4 Å². The van der Waals surface area contributed by atoms with Crippen LogP contribution in [0.5, 0.6) is 0 Å². The molecule has 9 rings (SSSR count). The molecule has 2 heteroatoms. The summed E-state index contributed by atoms with van der Waals surface area (Å²) in [7, 11) is 0. The molecule has 0 aliphatic carbocycles. The van der Waals surface area contributed by atoms with Crippen molar-refractivity contribution in [2.24, 2.45) is 0 Å². The summed E-state index contributed by atoms with van der Waals surface area (Å²) in [5.41, 5.74) is 10.6. The van der Waals surface area contributed by atoms with Crippen molar-refractivity contribution >= 4 is 61.5 Å². The number of anilines is 2. The number of benzene rings is 7. The molecule has 0 saturated heterocycles. The lowest BCUT2D eigenvalue weighted by Crippen LogP contribution is -2.59. The van der Waals surface area contributed by atoms with Crippen molar-refractivity contribution in [1.82, 2.24) is 0 Å². The van der Waals surface area contributed by atoms with Crippen LogP contribution in [0.3, 0.4) is 0 Å². The lowest BCUT2D eigenvalue weighted by molar-refractivity contribution is 1.37. The standard InChI is InChI=1S/C36H22BN/c1-2-12-26-22-34-30(21-25(26)11-1)29-15-7-8-16-31(29)37-32-19-17-23-9-3-5-13-27(23)35(32)36-28-14-6-4-10-24(28)18-20-33(36)38(34)37/h1-22H. The van der Waals surface area contributed by atoms with E-state index in [1.807, 2.05) is 0 Å². The van der Waals surface area contributed by atoms with E-state index in [0.717, 1.165) is 0 Å². The smallest absolute Gasteiger partial charge is 0.329 e. The van der Waals surface area contributed by atoms with Gasteiger partial charge >= 0.3 is 6.85 Å². The van der Waals surface area contributed by atoms with Crippen molar-refractivity contribution < 1.29 is 0 Å². The van der Waals surface area contributed by atoms with Gasteiger partial charge in [-0.3, -0.25) is 0 Å². The summed E-state index contributed by atoms with van der Waals surface area (Å²) < 4.78 is 0. The fourth-order valence-corrected chi connectivity index (χ4v) is 7.00. The maximum Gasteiger partial charge on any atom is 0.329 e. The van der Waals surface area contributed by atoms with E-state index in [4.69, 9.17) is 0 Å². The lowest BCUT2D eigenvalue weighted by Gasteiger charge is -2.44. The third-order valence-electron chi connectivity index (χ3n) is 8.60. The van der Waals surface area contributed by atoms with Crippen molar-refractivity contribution in [2.45, 2.75) is 0 Å². The van der Waals surface area contributed by atoms with E-state index < -0.39 is 0 Å². The summed E-state index contributed by atoms with van der Waals surface area (Å²) >= 11 is 0. The Morgan fingerprint density at radius 2 is 1.00 bits per heavy atom. The molecule has 174 valence electrons. The Morgan fingerprint density at radius 3 is 1.79 bits per heavy atom. The third kappa shape index (κ3) is 2.57. The molecular weight excluding hydrogens is 457 g/mol. The van der Waals surface area contributed by atoms with Gasteiger partial charge in [-0.05, 0) is 72.6 Å². The molecule has 7 aromatic carbocycles. The second-order valence-corrected chi connectivity index (χ2v) is 10.5. The molecule has 2 aliphatic rings. The maximum atomic E-state index is 2.61. The van der Waals surface area contributed by atoms with E-state index in [0.29, 0.717) is 0 Å². The molecule has 0 spiro atoms. The summed E-state index contributed by atoms with van der Waals surface area (Å²) in [5.74, 6) is 0. The molecule has 0 fully saturated rings. The molecular formula is C36H22BN.